The van der Waals surface area contributed by atoms with Crippen LogP contribution in [0, 0.1) is 5.82 Å². The molecule has 4 rings (SSSR count). The van der Waals surface area contributed by atoms with E-state index in [2.05, 4.69) is 15.6 Å². The lowest BCUT2D eigenvalue weighted by Crippen LogP contribution is -2.31. The molecule has 0 spiro atoms. The fraction of sp³-hybridized carbons (Fsp3) is 0.150. The second-order valence-electron chi connectivity index (χ2n) is 6.32. The summed E-state index contributed by atoms with van der Waals surface area (Å²) in [5.41, 5.74) is 2.05. The minimum Gasteiger partial charge on any atom is -0.480 e. The van der Waals surface area contributed by atoms with Crippen LogP contribution in [-0.2, 0) is 16.0 Å². The van der Waals surface area contributed by atoms with Crippen molar-refractivity contribution in [2.75, 3.05) is 10.6 Å². The van der Waals surface area contributed by atoms with Gasteiger partial charge in [-0.05, 0) is 29.8 Å². The number of nitrogens with one attached hydrogen (secondary N) is 2. The van der Waals surface area contributed by atoms with Crippen molar-refractivity contribution in [2.24, 2.45) is 0 Å². The molecular formula is C20H16FN3O3S. The van der Waals surface area contributed by atoms with Gasteiger partial charge in [0.15, 0.2) is 11.2 Å². The molecule has 2 aromatic carbocycles. The van der Waals surface area contributed by atoms with Crippen molar-refractivity contribution >= 4 is 34.0 Å². The number of thiazole rings is 1. The maximum Gasteiger partial charge on any atom is 0.267 e. The number of carbonyl (C=O) groups excluding carboxylic acids is 2. The highest BCUT2D eigenvalue weighted by Crippen LogP contribution is 2.31. The molecule has 2 N–H and O–H groups in total. The average molecular weight is 397 g/mol. The fourth-order valence-electron chi connectivity index (χ4n) is 2.97. The monoisotopic (exact) mass is 397 g/mol. The standard InChI is InChI=1S/C20H16FN3O3S/c1-11(25)22-13-6-7-14(15(21)9-13)16-10-28-20(23-16)24-19(26)18-8-12-4-2-3-5-17(12)27-18/h2-7,9-10,18H,8H2,1H3,(H,22,25)(H,23,24,26)/t18-/m1/s1. The van der Waals surface area contributed by atoms with Crippen molar-refractivity contribution in [1.29, 1.82) is 0 Å². The van der Waals surface area contributed by atoms with Crippen LogP contribution in [0.25, 0.3) is 11.3 Å². The van der Waals surface area contributed by atoms with Gasteiger partial charge >= 0.3 is 0 Å². The number of carbonyl (C=O) groups is 2. The van der Waals surface area contributed by atoms with Crippen LogP contribution >= 0.6 is 11.3 Å². The number of rotatable bonds is 4. The van der Waals surface area contributed by atoms with Crippen molar-refractivity contribution in [2.45, 2.75) is 19.4 Å². The van der Waals surface area contributed by atoms with Crippen molar-refractivity contribution in [3.8, 4) is 17.0 Å². The van der Waals surface area contributed by atoms with Gasteiger partial charge in [-0.25, -0.2) is 9.37 Å². The van der Waals surface area contributed by atoms with Crippen molar-refractivity contribution in [3.05, 3.63) is 59.2 Å². The number of nitrogens with zero attached hydrogens (tertiary/aromatic N) is 1. The van der Waals surface area contributed by atoms with Gasteiger partial charge in [0.05, 0.1) is 5.69 Å². The number of halogens is 1. The third-order valence-electron chi connectivity index (χ3n) is 4.24. The highest BCUT2D eigenvalue weighted by molar-refractivity contribution is 7.14. The number of ether oxygens (including phenoxy) is 1. The molecule has 0 fully saturated rings. The Morgan fingerprint density at radius 1 is 1.21 bits per heavy atom. The lowest BCUT2D eigenvalue weighted by molar-refractivity contribution is -0.122. The predicted octanol–water partition coefficient (Wildman–Crippen LogP) is 3.85. The third kappa shape index (κ3) is 3.72. The molecule has 1 atom stereocenters. The summed E-state index contributed by atoms with van der Waals surface area (Å²) in [7, 11) is 0. The first kappa shape index (κ1) is 18.1. The molecule has 0 bridgehead atoms. The first-order valence-electron chi connectivity index (χ1n) is 8.58. The molecule has 8 heteroatoms. The molecule has 2 amide bonds. The summed E-state index contributed by atoms with van der Waals surface area (Å²) >= 11 is 1.20. The van der Waals surface area contributed by atoms with Crippen LogP contribution in [0.5, 0.6) is 5.75 Å². The van der Waals surface area contributed by atoms with Gasteiger partial charge < -0.3 is 10.1 Å². The number of hydrogen-bond donors (Lipinski definition) is 2. The van der Waals surface area contributed by atoms with Crippen LogP contribution in [0.2, 0.25) is 0 Å². The zero-order chi connectivity index (χ0) is 19.7. The lowest BCUT2D eigenvalue weighted by atomic mass is 10.1. The minimum absolute atomic E-state index is 0.276. The molecule has 0 radical (unpaired) electrons. The summed E-state index contributed by atoms with van der Waals surface area (Å²) in [6.45, 7) is 1.35. The fourth-order valence-corrected chi connectivity index (χ4v) is 3.69. The minimum atomic E-state index is -0.613. The number of anilines is 2. The van der Waals surface area contributed by atoms with Gasteiger partial charge in [0.25, 0.3) is 5.91 Å². The van der Waals surface area contributed by atoms with Crippen LogP contribution in [0.4, 0.5) is 15.2 Å². The summed E-state index contributed by atoms with van der Waals surface area (Å²) in [6.07, 6.45) is -0.113. The summed E-state index contributed by atoms with van der Waals surface area (Å²) < 4.78 is 20.0. The molecule has 0 unspecified atom stereocenters. The van der Waals surface area contributed by atoms with Crippen molar-refractivity contribution < 1.29 is 18.7 Å². The van der Waals surface area contributed by atoms with E-state index in [1.165, 1.54) is 30.4 Å². The van der Waals surface area contributed by atoms with E-state index in [1.807, 2.05) is 24.3 Å². The molecule has 1 aromatic heterocycles. The maximum atomic E-state index is 14.4. The summed E-state index contributed by atoms with van der Waals surface area (Å²) in [5, 5.41) is 7.29. The largest absolute Gasteiger partial charge is 0.480 e. The van der Waals surface area contributed by atoms with E-state index in [-0.39, 0.29) is 17.4 Å². The zero-order valence-corrected chi connectivity index (χ0v) is 15.7. The molecule has 142 valence electrons. The van der Waals surface area contributed by atoms with Gasteiger partial charge in [-0.1, -0.05) is 18.2 Å². The summed E-state index contributed by atoms with van der Waals surface area (Å²) in [4.78, 5) is 27.8. The summed E-state index contributed by atoms with van der Waals surface area (Å²) in [6, 6.07) is 11.9. The van der Waals surface area contributed by atoms with Crippen LogP contribution in [-0.4, -0.2) is 22.9 Å². The smallest absolute Gasteiger partial charge is 0.267 e. The first-order valence-corrected chi connectivity index (χ1v) is 9.46. The molecule has 28 heavy (non-hydrogen) atoms. The van der Waals surface area contributed by atoms with Crippen molar-refractivity contribution in [3.63, 3.8) is 0 Å². The number of fused-ring (bicyclic) bond motifs is 1. The Hall–Kier alpha value is -3.26. The summed E-state index contributed by atoms with van der Waals surface area (Å²) in [5.74, 6) is -0.367. The van der Waals surface area contributed by atoms with Crippen molar-refractivity contribution in [1.82, 2.24) is 4.98 Å². The highest BCUT2D eigenvalue weighted by Gasteiger charge is 2.29. The first-order chi connectivity index (χ1) is 13.5. The van der Waals surface area contributed by atoms with Gasteiger partial charge in [-0.3, -0.25) is 14.9 Å². The molecule has 1 aliphatic heterocycles. The molecule has 0 saturated carbocycles. The van der Waals surface area contributed by atoms with Gasteiger partial charge in [-0.2, -0.15) is 0 Å². The molecule has 1 aliphatic rings. The number of aromatic nitrogens is 1. The van der Waals surface area contributed by atoms with Gasteiger partial charge in [-0.15, -0.1) is 11.3 Å². The number of para-hydroxylation sites is 1. The lowest BCUT2D eigenvalue weighted by Gasteiger charge is -2.09. The third-order valence-corrected chi connectivity index (χ3v) is 5.00. The van der Waals surface area contributed by atoms with Crippen LogP contribution in [0.1, 0.15) is 12.5 Å². The second-order valence-corrected chi connectivity index (χ2v) is 7.18. The van der Waals surface area contributed by atoms with Crippen LogP contribution < -0.4 is 15.4 Å². The maximum absolute atomic E-state index is 14.4. The van der Waals surface area contributed by atoms with Gasteiger partial charge in [0.1, 0.15) is 11.6 Å². The second kappa shape index (κ2) is 7.40. The molecular weight excluding hydrogens is 381 g/mol. The quantitative estimate of drug-likeness (QED) is 0.701. The predicted molar refractivity (Wildman–Crippen MR) is 105 cm³/mol. The SMILES string of the molecule is CC(=O)Nc1ccc(-c2csc(NC(=O)[C@H]3Cc4ccccc4O3)n2)c(F)c1. The van der Waals surface area contributed by atoms with E-state index in [9.17, 15) is 14.0 Å². The Morgan fingerprint density at radius 2 is 2.04 bits per heavy atom. The molecule has 2 heterocycles. The van der Waals surface area contributed by atoms with Crippen LogP contribution in [0.15, 0.2) is 47.8 Å². The normalized spacial score (nSPS) is 14.9. The Morgan fingerprint density at radius 3 is 2.79 bits per heavy atom. The Balaban J connectivity index is 1.45. The molecule has 6 nitrogen and oxygen atoms in total. The number of hydrogen-bond acceptors (Lipinski definition) is 5. The van der Waals surface area contributed by atoms with E-state index in [0.717, 1.165) is 5.56 Å². The van der Waals surface area contributed by atoms with Gasteiger partial charge in [0.2, 0.25) is 5.91 Å². The number of amides is 2. The Labute approximate surface area is 164 Å². The molecule has 0 aliphatic carbocycles. The van der Waals surface area contributed by atoms with E-state index in [4.69, 9.17) is 4.74 Å². The van der Waals surface area contributed by atoms with E-state index >= 15 is 0 Å². The highest BCUT2D eigenvalue weighted by atomic mass is 32.1. The Bertz CT molecular complexity index is 1040. The van der Waals surface area contributed by atoms with Gasteiger partial charge in [0, 0.05) is 30.0 Å². The molecule has 3 aromatic rings. The Kier molecular flexibility index (Phi) is 4.79. The molecule has 0 saturated heterocycles. The topological polar surface area (TPSA) is 80.3 Å². The van der Waals surface area contributed by atoms with E-state index < -0.39 is 11.9 Å². The van der Waals surface area contributed by atoms with E-state index in [1.54, 1.807) is 11.4 Å². The zero-order valence-electron chi connectivity index (χ0n) is 14.9. The van der Waals surface area contributed by atoms with Crippen LogP contribution in [0.3, 0.4) is 0 Å². The van der Waals surface area contributed by atoms with E-state index in [0.29, 0.717) is 28.7 Å². The number of benzene rings is 2. The average Bonchev–Trinajstić information content (AvgIpc) is 3.28.